The van der Waals surface area contributed by atoms with Crippen LogP contribution in [0, 0.1) is 0 Å². The van der Waals surface area contributed by atoms with E-state index in [2.05, 4.69) is 10.4 Å². The molecule has 0 fully saturated rings. The van der Waals surface area contributed by atoms with Crippen molar-refractivity contribution in [1.29, 1.82) is 0 Å². The quantitative estimate of drug-likeness (QED) is 0.793. The average molecular weight is 229 g/mol. The maximum absolute atomic E-state index is 9.68. The molecule has 88 valence electrons. The van der Waals surface area contributed by atoms with Gasteiger partial charge in [-0.1, -0.05) is 24.3 Å². The topological polar surface area (TPSA) is 50.1 Å². The van der Waals surface area contributed by atoms with Gasteiger partial charge in [-0.3, -0.25) is 4.68 Å². The summed E-state index contributed by atoms with van der Waals surface area (Å²) in [4.78, 5) is 0. The fraction of sp³-hybridized carbons (Fsp3) is 0.154. The number of rotatable bonds is 3. The Kier molecular flexibility index (Phi) is 3.14. The predicted molar refractivity (Wildman–Crippen MR) is 68.3 cm³/mol. The second-order valence-corrected chi connectivity index (χ2v) is 3.74. The number of hydrogen-bond acceptors (Lipinski definition) is 3. The Morgan fingerprint density at radius 3 is 2.53 bits per heavy atom. The van der Waals surface area contributed by atoms with Crippen LogP contribution in [0.4, 0.5) is 0 Å². The molecule has 2 rings (SSSR count). The number of aliphatic hydroxyl groups excluding tert-OH is 1. The lowest BCUT2D eigenvalue weighted by molar-refractivity contribution is 0.508. The van der Waals surface area contributed by atoms with Crippen LogP contribution in [-0.4, -0.2) is 21.9 Å². The van der Waals surface area contributed by atoms with E-state index >= 15 is 0 Å². The van der Waals surface area contributed by atoms with Crippen LogP contribution in [0.1, 0.15) is 5.56 Å². The van der Waals surface area contributed by atoms with Gasteiger partial charge in [0.15, 0.2) is 0 Å². The van der Waals surface area contributed by atoms with Crippen LogP contribution in [0.2, 0.25) is 0 Å². The molecule has 0 spiro atoms. The minimum absolute atomic E-state index is 0.226. The number of aliphatic hydroxyl groups is 1. The molecule has 4 nitrogen and oxygen atoms in total. The zero-order valence-corrected chi connectivity index (χ0v) is 9.88. The van der Waals surface area contributed by atoms with E-state index in [9.17, 15) is 5.11 Å². The largest absolute Gasteiger partial charge is 0.506 e. The van der Waals surface area contributed by atoms with E-state index in [-0.39, 0.29) is 5.76 Å². The minimum atomic E-state index is 0.226. The van der Waals surface area contributed by atoms with E-state index in [1.807, 2.05) is 42.1 Å². The molecule has 0 amide bonds. The SMILES string of the molecule is CN/C=C(\O)c1ccc(-c2ccnn2C)cc1. The molecule has 1 aromatic carbocycles. The van der Waals surface area contributed by atoms with Gasteiger partial charge in [0, 0.05) is 32.1 Å². The van der Waals surface area contributed by atoms with Gasteiger partial charge in [-0.05, 0) is 11.6 Å². The van der Waals surface area contributed by atoms with Crippen molar-refractivity contribution in [2.75, 3.05) is 7.05 Å². The van der Waals surface area contributed by atoms with Gasteiger partial charge in [0.25, 0.3) is 0 Å². The third kappa shape index (κ3) is 2.30. The van der Waals surface area contributed by atoms with Gasteiger partial charge in [-0.25, -0.2) is 0 Å². The van der Waals surface area contributed by atoms with E-state index in [0.29, 0.717) is 0 Å². The molecule has 0 radical (unpaired) electrons. The smallest absolute Gasteiger partial charge is 0.138 e. The second kappa shape index (κ2) is 4.74. The third-order valence-electron chi connectivity index (χ3n) is 2.58. The summed E-state index contributed by atoms with van der Waals surface area (Å²) in [6.07, 6.45) is 3.32. The molecule has 0 atom stereocenters. The highest BCUT2D eigenvalue weighted by atomic mass is 16.3. The van der Waals surface area contributed by atoms with E-state index in [1.165, 1.54) is 0 Å². The summed E-state index contributed by atoms with van der Waals surface area (Å²) in [6, 6.07) is 9.65. The number of aromatic nitrogens is 2. The van der Waals surface area contributed by atoms with E-state index < -0.39 is 0 Å². The van der Waals surface area contributed by atoms with Gasteiger partial charge in [0.2, 0.25) is 0 Å². The Balaban J connectivity index is 2.31. The first kappa shape index (κ1) is 11.3. The molecule has 1 aromatic heterocycles. The van der Waals surface area contributed by atoms with Crippen LogP contribution in [0.15, 0.2) is 42.7 Å². The summed E-state index contributed by atoms with van der Waals surface area (Å²) >= 11 is 0. The summed E-state index contributed by atoms with van der Waals surface area (Å²) in [7, 11) is 3.65. The Morgan fingerprint density at radius 1 is 1.29 bits per heavy atom. The zero-order valence-electron chi connectivity index (χ0n) is 9.88. The summed E-state index contributed by atoms with van der Waals surface area (Å²) in [6.45, 7) is 0. The molecular formula is C13H15N3O. The molecule has 0 saturated carbocycles. The first-order chi connectivity index (χ1) is 8.22. The van der Waals surface area contributed by atoms with Gasteiger partial charge < -0.3 is 10.4 Å². The standard InChI is InChI=1S/C13H15N3O/c1-14-9-13(17)11-5-3-10(4-6-11)12-7-8-15-16(12)2/h3-9,14,17H,1-2H3/b13-9-. The number of nitrogens with zero attached hydrogens (tertiary/aromatic N) is 2. The number of hydrogen-bond donors (Lipinski definition) is 2. The number of nitrogens with one attached hydrogen (secondary N) is 1. The van der Waals surface area contributed by atoms with Crippen molar-refractivity contribution < 1.29 is 5.11 Å². The van der Waals surface area contributed by atoms with E-state index in [1.54, 1.807) is 19.4 Å². The van der Waals surface area contributed by atoms with Gasteiger partial charge in [0.1, 0.15) is 5.76 Å². The van der Waals surface area contributed by atoms with Crippen molar-refractivity contribution >= 4 is 5.76 Å². The highest BCUT2D eigenvalue weighted by Gasteiger charge is 2.03. The fourth-order valence-corrected chi connectivity index (χ4v) is 1.69. The van der Waals surface area contributed by atoms with Gasteiger partial charge in [-0.15, -0.1) is 0 Å². The van der Waals surface area contributed by atoms with Crippen LogP contribution >= 0.6 is 0 Å². The molecule has 0 bridgehead atoms. The van der Waals surface area contributed by atoms with Crippen molar-refractivity contribution in [3.63, 3.8) is 0 Å². The Bertz CT molecular complexity index is 526. The van der Waals surface area contributed by atoms with Crippen LogP contribution in [0.3, 0.4) is 0 Å². The molecule has 0 aliphatic heterocycles. The normalized spacial score (nSPS) is 11.5. The molecule has 0 aliphatic rings. The minimum Gasteiger partial charge on any atom is -0.506 e. The monoisotopic (exact) mass is 229 g/mol. The summed E-state index contributed by atoms with van der Waals surface area (Å²) in [5, 5.41) is 16.6. The molecule has 4 heteroatoms. The lowest BCUT2D eigenvalue weighted by Crippen LogP contribution is -1.96. The van der Waals surface area contributed by atoms with E-state index in [4.69, 9.17) is 0 Å². The van der Waals surface area contributed by atoms with E-state index in [0.717, 1.165) is 16.8 Å². The molecule has 0 unspecified atom stereocenters. The average Bonchev–Trinajstić information content (AvgIpc) is 2.76. The molecular weight excluding hydrogens is 214 g/mol. The highest BCUT2D eigenvalue weighted by Crippen LogP contribution is 2.20. The molecule has 0 saturated heterocycles. The lowest BCUT2D eigenvalue weighted by atomic mass is 10.1. The van der Waals surface area contributed by atoms with Crippen molar-refractivity contribution in [2.24, 2.45) is 7.05 Å². The third-order valence-corrected chi connectivity index (χ3v) is 2.58. The number of aryl methyl sites for hydroxylation is 1. The molecule has 17 heavy (non-hydrogen) atoms. The van der Waals surface area contributed by atoms with Gasteiger partial charge in [0.05, 0.1) is 5.69 Å². The first-order valence-electron chi connectivity index (χ1n) is 5.37. The molecule has 0 aliphatic carbocycles. The Labute approximate surface area is 100 Å². The summed E-state index contributed by atoms with van der Waals surface area (Å²) < 4.78 is 1.82. The van der Waals surface area contributed by atoms with Crippen LogP contribution in [0.5, 0.6) is 0 Å². The van der Waals surface area contributed by atoms with Crippen LogP contribution < -0.4 is 5.32 Å². The first-order valence-corrected chi connectivity index (χ1v) is 5.37. The molecule has 2 aromatic rings. The van der Waals surface area contributed by atoms with Crippen molar-refractivity contribution in [1.82, 2.24) is 15.1 Å². The molecule has 2 N–H and O–H groups in total. The van der Waals surface area contributed by atoms with Crippen LogP contribution in [0.25, 0.3) is 17.0 Å². The summed E-state index contributed by atoms with van der Waals surface area (Å²) in [5.41, 5.74) is 2.91. The summed E-state index contributed by atoms with van der Waals surface area (Å²) in [5.74, 6) is 0.226. The fourth-order valence-electron chi connectivity index (χ4n) is 1.69. The van der Waals surface area contributed by atoms with Gasteiger partial charge in [-0.2, -0.15) is 5.10 Å². The van der Waals surface area contributed by atoms with Crippen LogP contribution in [-0.2, 0) is 7.05 Å². The predicted octanol–water partition coefficient (Wildman–Crippen LogP) is 2.16. The Hall–Kier alpha value is -2.23. The maximum Gasteiger partial charge on any atom is 0.138 e. The van der Waals surface area contributed by atoms with Crippen molar-refractivity contribution in [2.45, 2.75) is 0 Å². The second-order valence-electron chi connectivity index (χ2n) is 3.74. The number of benzene rings is 1. The van der Waals surface area contributed by atoms with Crippen molar-refractivity contribution in [3.8, 4) is 11.3 Å². The zero-order chi connectivity index (χ0) is 12.3. The highest BCUT2D eigenvalue weighted by molar-refractivity contribution is 5.65. The van der Waals surface area contributed by atoms with Gasteiger partial charge >= 0.3 is 0 Å². The maximum atomic E-state index is 9.68. The molecule has 1 heterocycles. The van der Waals surface area contributed by atoms with Crippen molar-refractivity contribution in [3.05, 3.63) is 48.3 Å². The lowest BCUT2D eigenvalue weighted by Gasteiger charge is -2.04. The Morgan fingerprint density at radius 2 is 2.00 bits per heavy atom.